The quantitative estimate of drug-likeness (QED) is 0.817. The molecule has 2 rings (SSSR count). The van der Waals surface area contributed by atoms with Gasteiger partial charge in [-0.1, -0.05) is 0 Å². The van der Waals surface area contributed by atoms with Gasteiger partial charge in [0.2, 0.25) is 5.91 Å². The number of piperidine rings is 2. The van der Waals surface area contributed by atoms with Crippen molar-refractivity contribution in [3.63, 3.8) is 0 Å². The third-order valence-electron chi connectivity index (χ3n) is 4.69. The Kier molecular flexibility index (Phi) is 4.13. The van der Waals surface area contributed by atoms with Crippen LogP contribution in [0.5, 0.6) is 0 Å². The van der Waals surface area contributed by atoms with Crippen molar-refractivity contribution >= 4 is 11.9 Å². The Morgan fingerprint density at radius 3 is 2.37 bits per heavy atom. The zero-order valence-corrected chi connectivity index (χ0v) is 11.9. The Balaban J connectivity index is 2.10. The molecule has 2 aliphatic rings. The number of nitrogens with zero attached hydrogens (tertiary/aromatic N) is 2. The Bertz CT molecular complexity index is 364. The summed E-state index contributed by atoms with van der Waals surface area (Å²) in [7, 11) is 2.06. The predicted molar refractivity (Wildman–Crippen MR) is 71.8 cm³/mol. The van der Waals surface area contributed by atoms with Gasteiger partial charge in [0.25, 0.3) is 0 Å². The predicted octanol–water partition coefficient (Wildman–Crippen LogP) is 1.18. The highest BCUT2D eigenvalue weighted by molar-refractivity contribution is 5.88. The molecule has 0 saturated carbocycles. The van der Waals surface area contributed by atoms with Crippen LogP contribution in [0, 0.1) is 5.92 Å². The molecular formula is C14H24N2O3. The molecule has 2 aliphatic heterocycles. The summed E-state index contributed by atoms with van der Waals surface area (Å²) in [5.41, 5.74) is -1.00. The number of likely N-dealkylation sites (tertiary alicyclic amines) is 2. The maximum atomic E-state index is 12.6. The molecule has 0 radical (unpaired) electrons. The lowest BCUT2D eigenvalue weighted by Crippen LogP contribution is -2.59. The van der Waals surface area contributed by atoms with E-state index in [-0.39, 0.29) is 11.8 Å². The minimum absolute atomic E-state index is 0.00738. The highest BCUT2D eigenvalue weighted by Gasteiger charge is 2.45. The first-order valence-electron chi connectivity index (χ1n) is 7.18. The number of carboxylic acids is 1. The van der Waals surface area contributed by atoms with Gasteiger partial charge in [0.15, 0.2) is 0 Å². The molecule has 1 atom stereocenters. The Morgan fingerprint density at radius 2 is 1.79 bits per heavy atom. The molecule has 0 spiro atoms. The third-order valence-corrected chi connectivity index (χ3v) is 4.69. The van der Waals surface area contributed by atoms with Gasteiger partial charge in [-0.3, -0.25) is 4.79 Å². The van der Waals surface area contributed by atoms with Crippen LogP contribution in [0.1, 0.15) is 39.0 Å². The zero-order chi connectivity index (χ0) is 14.0. The van der Waals surface area contributed by atoms with Gasteiger partial charge in [-0.2, -0.15) is 0 Å². The van der Waals surface area contributed by atoms with Crippen LogP contribution >= 0.6 is 0 Å². The van der Waals surface area contributed by atoms with Crippen LogP contribution in [0.3, 0.4) is 0 Å². The Morgan fingerprint density at radius 1 is 1.16 bits per heavy atom. The van der Waals surface area contributed by atoms with Crippen molar-refractivity contribution in [3.05, 3.63) is 0 Å². The molecule has 2 fully saturated rings. The van der Waals surface area contributed by atoms with Crippen LogP contribution < -0.4 is 0 Å². The molecule has 0 aromatic carbocycles. The van der Waals surface area contributed by atoms with Crippen LogP contribution in [-0.2, 0) is 9.59 Å². The van der Waals surface area contributed by atoms with E-state index >= 15 is 0 Å². The number of hydrogen-bond donors (Lipinski definition) is 1. The average Bonchev–Trinajstić information content (AvgIpc) is 2.39. The molecule has 0 aliphatic carbocycles. The summed E-state index contributed by atoms with van der Waals surface area (Å²) in [5, 5.41) is 9.46. The normalized spacial score (nSPS) is 30.3. The van der Waals surface area contributed by atoms with Crippen LogP contribution in [0.15, 0.2) is 0 Å². The number of carbonyl (C=O) groups is 2. The molecule has 5 nitrogen and oxygen atoms in total. The summed E-state index contributed by atoms with van der Waals surface area (Å²) >= 11 is 0. The van der Waals surface area contributed by atoms with E-state index in [0.717, 1.165) is 38.8 Å². The number of hydrogen-bond acceptors (Lipinski definition) is 3. The van der Waals surface area contributed by atoms with Crippen molar-refractivity contribution in [2.24, 2.45) is 5.92 Å². The highest BCUT2D eigenvalue weighted by atomic mass is 16.4. The molecule has 19 heavy (non-hydrogen) atoms. The maximum absolute atomic E-state index is 12.6. The maximum Gasteiger partial charge on any atom is 0.329 e. The average molecular weight is 268 g/mol. The summed E-state index contributed by atoms with van der Waals surface area (Å²) in [6.07, 6.45) is 4.07. The fraction of sp³-hybridized carbons (Fsp3) is 0.857. The van der Waals surface area contributed by atoms with Gasteiger partial charge < -0.3 is 14.9 Å². The number of aliphatic carboxylic acids is 1. The van der Waals surface area contributed by atoms with Crippen molar-refractivity contribution in [2.75, 3.05) is 26.7 Å². The summed E-state index contributed by atoms with van der Waals surface area (Å²) < 4.78 is 0. The van der Waals surface area contributed by atoms with Crippen LogP contribution in [0.2, 0.25) is 0 Å². The summed E-state index contributed by atoms with van der Waals surface area (Å²) in [6.45, 7) is 4.14. The number of carboxylic acid groups (broad SMARTS) is 1. The van der Waals surface area contributed by atoms with E-state index in [1.165, 1.54) is 0 Å². The first-order valence-corrected chi connectivity index (χ1v) is 7.18. The van der Waals surface area contributed by atoms with E-state index in [4.69, 9.17) is 0 Å². The Labute approximate surface area is 114 Å². The van der Waals surface area contributed by atoms with E-state index in [2.05, 4.69) is 11.9 Å². The summed E-state index contributed by atoms with van der Waals surface area (Å²) in [4.78, 5) is 28.0. The second-order valence-electron chi connectivity index (χ2n) is 6.10. The van der Waals surface area contributed by atoms with Crippen molar-refractivity contribution in [2.45, 2.75) is 44.6 Å². The molecular weight excluding hydrogens is 244 g/mol. The lowest BCUT2D eigenvalue weighted by Gasteiger charge is -2.44. The first kappa shape index (κ1) is 14.3. The van der Waals surface area contributed by atoms with Crippen LogP contribution in [-0.4, -0.2) is 59.0 Å². The van der Waals surface area contributed by atoms with Gasteiger partial charge in [-0.05, 0) is 59.2 Å². The van der Waals surface area contributed by atoms with Crippen LogP contribution in [0.25, 0.3) is 0 Å². The molecule has 108 valence electrons. The molecule has 1 unspecified atom stereocenters. The summed E-state index contributed by atoms with van der Waals surface area (Å²) in [5.74, 6) is -0.806. The third kappa shape index (κ3) is 2.76. The largest absolute Gasteiger partial charge is 0.480 e. The first-order chi connectivity index (χ1) is 8.95. The molecule has 2 saturated heterocycles. The van der Waals surface area contributed by atoms with Crippen molar-refractivity contribution in [3.8, 4) is 0 Å². The van der Waals surface area contributed by atoms with E-state index in [0.29, 0.717) is 13.0 Å². The smallest absolute Gasteiger partial charge is 0.329 e. The minimum Gasteiger partial charge on any atom is -0.480 e. The number of amides is 1. The van der Waals surface area contributed by atoms with Crippen molar-refractivity contribution in [1.82, 2.24) is 9.80 Å². The van der Waals surface area contributed by atoms with Gasteiger partial charge in [-0.25, -0.2) is 4.79 Å². The van der Waals surface area contributed by atoms with Gasteiger partial charge in [0, 0.05) is 12.5 Å². The lowest BCUT2D eigenvalue weighted by molar-refractivity contribution is -0.163. The van der Waals surface area contributed by atoms with Crippen molar-refractivity contribution in [1.29, 1.82) is 0 Å². The SMILES string of the molecule is CN1CCC(C(=O)N2CCCCC2(C)C(=O)O)CC1. The topological polar surface area (TPSA) is 60.9 Å². The Hall–Kier alpha value is -1.10. The molecule has 0 aromatic heterocycles. The van der Waals surface area contributed by atoms with Gasteiger partial charge >= 0.3 is 5.97 Å². The second kappa shape index (κ2) is 5.49. The van der Waals surface area contributed by atoms with Gasteiger partial charge in [0.05, 0.1) is 0 Å². The van der Waals surface area contributed by atoms with Gasteiger partial charge in [-0.15, -0.1) is 0 Å². The van der Waals surface area contributed by atoms with Crippen molar-refractivity contribution < 1.29 is 14.7 Å². The molecule has 0 aromatic rings. The van der Waals surface area contributed by atoms with E-state index in [9.17, 15) is 14.7 Å². The number of rotatable bonds is 2. The lowest BCUT2D eigenvalue weighted by atomic mass is 9.85. The van der Waals surface area contributed by atoms with E-state index in [1.807, 2.05) is 0 Å². The fourth-order valence-electron chi connectivity index (χ4n) is 3.17. The van der Waals surface area contributed by atoms with Gasteiger partial charge in [0.1, 0.15) is 5.54 Å². The van der Waals surface area contributed by atoms with Crippen LogP contribution in [0.4, 0.5) is 0 Å². The standard InChI is InChI=1S/C14H24N2O3/c1-14(13(18)19)7-3-4-8-16(14)12(17)11-5-9-15(2)10-6-11/h11H,3-10H2,1-2H3,(H,18,19). The molecule has 1 N–H and O–H groups in total. The number of carbonyl (C=O) groups excluding carboxylic acids is 1. The summed E-state index contributed by atoms with van der Waals surface area (Å²) in [6, 6.07) is 0. The monoisotopic (exact) mass is 268 g/mol. The zero-order valence-electron chi connectivity index (χ0n) is 11.9. The molecule has 0 bridgehead atoms. The molecule has 5 heteroatoms. The van der Waals surface area contributed by atoms with E-state index in [1.54, 1.807) is 11.8 Å². The minimum atomic E-state index is -1.00. The molecule has 1 amide bonds. The fourth-order valence-corrected chi connectivity index (χ4v) is 3.17. The highest BCUT2D eigenvalue weighted by Crippen LogP contribution is 2.31. The van der Waals surface area contributed by atoms with E-state index < -0.39 is 11.5 Å². The second-order valence-corrected chi connectivity index (χ2v) is 6.10. The molecule has 2 heterocycles.